The lowest BCUT2D eigenvalue weighted by atomic mass is 9.98. The Bertz CT molecular complexity index is 843. The molecule has 1 aliphatic heterocycles. The van der Waals surface area contributed by atoms with E-state index in [2.05, 4.69) is 39.0 Å². The van der Waals surface area contributed by atoms with E-state index < -0.39 is 0 Å². The van der Waals surface area contributed by atoms with Crippen molar-refractivity contribution in [2.24, 2.45) is 5.92 Å². The summed E-state index contributed by atoms with van der Waals surface area (Å²) in [4.78, 5) is 11.3. The van der Waals surface area contributed by atoms with Crippen LogP contribution in [-0.2, 0) is 6.42 Å². The summed E-state index contributed by atoms with van der Waals surface area (Å²) in [6.45, 7) is 5.96. The highest BCUT2D eigenvalue weighted by Gasteiger charge is 2.28. The van der Waals surface area contributed by atoms with Crippen LogP contribution in [0.3, 0.4) is 0 Å². The maximum Gasteiger partial charge on any atom is 0.266 e. The van der Waals surface area contributed by atoms with E-state index >= 15 is 0 Å². The molecule has 3 heterocycles. The Balaban J connectivity index is 1.47. The second-order valence-electron chi connectivity index (χ2n) is 7.20. The van der Waals surface area contributed by atoms with Gasteiger partial charge in [-0.25, -0.2) is 0 Å². The van der Waals surface area contributed by atoms with Crippen LogP contribution in [0.5, 0.6) is 0 Å². The van der Waals surface area contributed by atoms with Gasteiger partial charge in [-0.05, 0) is 36.0 Å². The minimum atomic E-state index is 0.204. The summed E-state index contributed by atoms with van der Waals surface area (Å²) in [6.07, 6.45) is 2.90. The molecule has 1 saturated heterocycles. The number of nitrogens with zero attached hydrogens (tertiary/aromatic N) is 5. The third-order valence-corrected chi connectivity index (χ3v) is 4.56. The van der Waals surface area contributed by atoms with Gasteiger partial charge >= 0.3 is 0 Å². The van der Waals surface area contributed by atoms with Crippen LogP contribution in [-0.4, -0.2) is 33.4 Å². The number of rotatable bonds is 5. The first-order valence-corrected chi connectivity index (χ1v) is 9.15. The van der Waals surface area contributed by atoms with Crippen molar-refractivity contribution in [1.82, 2.24) is 20.3 Å². The van der Waals surface area contributed by atoms with Crippen LogP contribution in [0.2, 0.25) is 0 Å². The molecule has 26 heavy (non-hydrogen) atoms. The molecule has 2 aromatic heterocycles. The number of anilines is 1. The molecule has 0 saturated carbocycles. The van der Waals surface area contributed by atoms with Crippen molar-refractivity contribution in [3.05, 3.63) is 42.0 Å². The van der Waals surface area contributed by atoms with Gasteiger partial charge in [0.15, 0.2) is 5.82 Å². The number of benzene rings is 1. The molecular formula is C19H23N5O2. The first-order valence-electron chi connectivity index (χ1n) is 9.15. The molecule has 1 aliphatic rings. The van der Waals surface area contributed by atoms with E-state index in [-0.39, 0.29) is 5.92 Å². The van der Waals surface area contributed by atoms with Crippen molar-refractivity contribution in [2.45, 2.75) is 39.0 Å². The summed E-state index contributed by atoms with van der Waals surface area (Å²) in [5.41, 5.74) is 0.926. The maximum absolute atomic E-state index is 5.51. The summed E-state index contributed by atoms with van der Waals surface area (Å²) >= 11 is 0. The molecule has 7 nitrogen and oxygen atoms in total. The van der Waals surface area contributed by atoms with E-state index in [0.29, 0.717) is 17.8 Å². The molecule has 0 amide bonds. The third-order valence-electron chi connectivity index (χ3n) is 4.56. The second-order valence-corrected chi connectivity index (χ2v) is 7.20. The molecule has 0 aliphatic carbocycles. The molecule has 4 rings (SSSR count). The number of aromatic nitrogens is 4. The lowest BCUT2D eigenvalue weighted by Gasteiger charge is -2.29. The molecule has 0 spiro atoms. The van der Waals surface area contributed by atoms with Crippen molar-refractivity contribution in [3.63, 3.8) is 0 Å². The summed E-state index contributed by atoms with van der Waals surface area (Å²) < 4.78 is 11.0. The van der Waals surface area contributed by atoms with E-state index in [1.54, 1.807) is 0 Å². The lowest BCUT2D eigenvalue weighted by molar-refractivity contribution is 0.328. The normalized spacial score (nSPS) is 17.8. The Morgan fingerprint density at radius 2 is 1.96 bits per heavy atom. The number of hydrogen-bond acceptors (Lipinski definition) is 7. The van der Waals surface area contributed by atoms with Crippen molar-refractivity contribution < 1.29 is 9.05 Å². The van der Waals surface area contributed by atoms with Crippen LogP contribution in [0.1, 0.15) is 44.3 Å². The Hall–Kier alpha value is -2.70. The van der Waals surface area contributed by atoms with Gasteiger partial charge in [0.05, 0.1) is 5.92 Å². The second kappa shape index (κ2) is 7.27. The fourth-order valence-electron chi connectivity index (χ4n) is 3.28. The summed E-state index contributed by atoms with van der Waals surface area (Å²) in [5.74, 6) is 3.39. The van der Waals surface area contributed by atoms with Gasteiger partial charge in [0.1, 0.15) is 0 Å². The average molecular weight is 353 g/mol. The average Bonchev–Trinajstić information content (AvgIpc) is 3.32. The van der Waals surface area contributed by atoms with Crippen LogP contribution < -0.4 is 4.90 Å². The predicted molar refractivity (Wildman–Crippen MR) is 96.8 cm³/mol. The lowest BCUT2D eigenvalue weighted by Crippen LogP contribution is -2.35. The van der Waals surface area contributed by atoms with E-state index in [4.69, 9.17) is 9.05 Å². The molecule has 1 aromatic carbocycles. The summed E-state index contributed by atoms with van der Waals surface area (Å²) in [5, 5.41) is 8.28. The molecule has 0 bridgehead atoms. The highest BCUT2D eigenvalue weighted by atomic mass is 16.5. The molecule has 1 atom stereocenters. The van der Waals surface area contributed by atoms with Gasteiger partial charge in [-0.1, -0.05) is 37.2 Å². The monoisotopic (exact) mass is 353 g/mol. The highest BCUT2D eigenvalue weighted by Crippen LogP contribution is 2.29. The minimum absolute atomic E-state index is 0.204. The van der Waals surface area contributed by atoms with Crippen molar-refractivity contribution in [1.29, 1.82) is 0 Å². The maximum atomic E-state index is 5.51. The van der Waals surface area contributed by atoms with Gasteiger partial charge in [0.2, 0.25) is 5.89 Å². The van der Waals surface area contributed by atoms with Crippen LogP contribution in [0.25, 0.3) is 11.5 Å². The third kappa shape index (κ3) is 3.61. The molecule has 7 heteroatoms. The summed E-state index contributed by atoms with van der Waals surface area (Å²) in [6, 6.07) is 9.81. The highest BCUT2D eigenvalue weighted by molar-refractivity contribution is 5.54. The van der Waals surface area contributed by atoms with Gasteiger partial charge in [0, 0.05) is 25.1 Å². The Morgan fingerprint density at radius 1 is 1.12 bits per heavy atom. The molecule has 0 N–H and O–H groups in total. The zero-order chi connectivity index (χ0) is 17.9. The van der Waals surface area contributed by atoms with Crippen LogP contribution in [0, 0.1) is 5.92 Å². The first-order chi connectivity index (χ1) is 12.7. The smallest absolute Gasteiger partial charge is 0.266 e. The summed E-state index contributed by atoms with van der Waals surface area (Å²) in [7, 11) is 0. The van der Waals surface area contributed by atoms with Gasteiger partial charge < -0.3 is 13.9 Å². The van der Waals surface area contributed by atoms with E-state index in [1.165, 1.54) is 0 Å². The fraction of sp³-hybridized carbons (Fsp3) is 0.474. The Morgan fingerprint density at radius 3 is 2.77 bits per heavy atom. The van der Waals surface area contributed by atoms with E-state index in [1.807, 2.05) is 30.3 Å². The van der Waals surface area contributed by atoms with Crippen molar-refractivity contribution in [3.8, 4) is 11.5 Å². The topological polar surface area (TPSA) is 81.1 Å². The van der Waals surface area contributed by atoms with Gasteiger partial charge in [-0.15, -0.1) is 0 Å². The minimum Gasteiger partial charge on any atom is -0.339 e. The molecule has 1 fully saturated rings. The Kier molecular flexibility index (Phi) is 4.69. The molecule has 0 radical (unpaired) electrons. The molecule has 3 aromatic rings. The van der Waals surface area contributed by atoms with Gasteiger partial charge in [0.25, 0.3) is 11.8 Å². The molecular weight excluding hydrogens is 330 g/mol. The predicted octanol–water partition coefficient (Wildman–Crippen LogP) is 3.70. The van der Waals surface area contributed by atoms with Crippen molar-refractivity contribution >= 4 is 5.95 Å². The zero-order valence-electron chi connectivity index (χ0n) is 15.1. The first kappa shape index (κ1) is 16.8. The van der Waals surface area contributed by atoms with Gasteiger partial charge in [-0.2, -0.15) is 9.97 Å². The Labute approximate surface area is 152 Å². The van der Waals surface area contributed by atoms with E-state index in [0.717, 1.165) is 49.6 Å². The van der Waals surface area contributed by atoms with Crippen LogP contribution in [0.4, 0.5) is 5.95 Å². The quantitative estimate of drug-likeness (QED) is 0.691. The van der Waals surface area contributed by atoms with Crippen LogP contribution in [0.15, 0.2) is 39.4 Å². The zero-order valence-corrected chi connectivity index (χ0v) is 15.1. The molecule has 1 unspecified atom stereocenters. The molecule has 136 valence electrons. The van der Waals surface area contributed by atoms with E-state index in [9.17, 15) is 0 Å². The largest absolute Gasteiger partial charge is 0.339 e. The number of piperidine rings is 1. The number of hydrogen-bond donors (Lipinski definition) is 0. The standard InChI is InChI=1S/C19H23N5O2/c1-13(2)11-16-20-18(25-22-16)15-9-6-10-24(12-15)19-21-17(26-23-19)14-7-4-3-5-8-14/h3-5,7-8,13,15H,6,9-12H2,1-2H3. The van der Waals surface area contributed by atoms with Gasteiger partial charge in [-0.3, -0.25) is 0 Å². The fourth-order valence-corrected chi connectivity index (χ4v) is 3.28. The SMILES string of the molecule is CC(C)Cc1noc(C2CCCN(c3noc(-c4ccccc4)n3)C2)n1. The van der Waals surface area contributed by atoms with Crippen LogP contribution >= 0.6 is 0 Å². The van der Waals surface area contributed by atoms with Crippen molar-refractivity contribution in [2.75, 3.05) is 18.0 Å².